The lowest BCUT2D eigenvalue weighted by Gasteiger charge is -2.04. The average Bonchev–Trinajstić information content (AvgIpc) is 3.14. The van der Waals surface area contributed by atoms with E-state index in [-0.39, 0.29) is 26.7 Å². The Kier molecular flexibility index (Phi) is 6.06. The first-order valence-corrected chi connectivity index (χ1v) is 11.2. The van der Waals surface area contributed by atoms with E-state index in [1.807, 2.05) is 48.5 Å². The molecule has 2 aromatic carbocycles. The Labute approximate surface area is 172 Å². The number of sulfone groups is 1. The predicted molar refractivity (Wildman–Crippen MR) is 113 cm³/mol. The van der Waals surface area contributed by atoms with Crippen LogP contribution in [0.15, 0.2) is 52.4 Å². The van der Waals surface area contributed by atoms with Crippen molar-refractivity contribution in [2.75, 3.05) is 11.1 Å². The van der Waals surface area contributed by atoms with Gasteiger partial charge in [0.25, 0.3) is 5.91 Å². The first-order valence-electron chi connectivity index (χ1n) is 8.77. The van der Waals surface area contributed by atoms with Gasteiger partial charge < -0.3 is 0 Å². The molecule has 0 saturated carbocycles. The lowest BCUT2D eigenvalue weighted by Crippen LogP contribution is -2.13. The Morgan fingerprint density at radius 3 is 2.66 bits per heavy atom. The van der Waals surface area contributed by atoms with Crippen molar-refractivity contribution >= 4 is 49.1 Å². The van der Waals surface area contributed by atoms with Gasteiger partial charge in [-0.15, -0.1) is 10.2 Å². The summed E-state index contributed by atoms with van der Waals surface area (Å²) in [7, 11) is -3.56. The second kappa shape index (κ2) is 8.51. The molecule has 0 unspecified atom stereocenters. The van der Waals surface area contributed by atoms with Crippen molar-refractivity contribution in [1.29, 1.82) is 5.26 Å². The van der Waals surface area contributed by atoms with Crippen molar-refractivity contribution in [3.05, 3.63) is 53.6 Å². The lowest BCUT2D eigenvalue weighted by molar-refractivity contribution is -0.112. The van der Waals surface area contributed by atoms with Gasteiger partial charge in [-0.3, -0.25) is 10.1 Å². The zero-order valence-electron chi connectivity index (χ0n) is 15.8. The molecule has 3 aromatic rings. The first kappa shape index (κ1) is 20.6. The molecule has 9 heteroatoms. The van der Waals surface area contributed by atoms with Gasteiger partial charge in [-0.2, -0.15) is 5.26 Å². The fourth-order valence-corrected chi connectivity index (χ4v) is 5.35. The zero-order valence-corrected chi connectivity index (χ0v) is 17.4. The zero-order chi connectivity index (χ0) is 21.0. The summed E-state index contributed by atoms with van der Waals surface area (Å²) in [4.78, 5) is 12.5. The molecule has 0 aliphatic rings. The highest BCUT2D eigenvalue weighted by Crippen LogP contribution is 2.24. The van der Waals surface area contributed by atoms with Gasteiger partial charge in [0.15, 0.2) is 0 Å². The second-order valence-electron chi connectivity index (χ2n) is 6.74. The lowest BCUT2D eigenvalue weighted by atomic mass is 10.0. The van der Waals surface area contributed by atoms with E-state index in [9.17, 15) is 18.5 Å². The first-order chi connectivity index (χ1) is 13.8. The van der Waals surface area contributed by atoms with Gasteiger partial charge in [0.1, 0.15) is 11.6 Å². The fraction of sp³-hybridized carbons (Fsp3) is 0.200. The summed E-state index contributed by atoms with van der Waals surface area (Å²) in [6.07, 6.45) is 1.50. The molecule has 0 aliphatic heterocycles. The Bertz CT molecular complexity index is 1230. The van der Waals surface area contributed by atoms with Crippen molar-refractivity contribution in [2.24, 2.45) is 5.92 Å². The number of amides is 1. The van der Waals surface area contributed by atoms with Gasteiger partial charge in [-0.05, 0) is 28.3 Å². The minimum atomic E-state index is -3.56. The largest absolute Gasteiger partial charge is 0.296 e. The maximum atomic E-state index is 12.5. The van der Waals surface area contributed by atoms with E-state index in [2.05, 4.69) is 15.5 Å². The van der Waals surface area contributed by atoms with E-state index in [0.29, 0.717) is 0 Å². The van der Waals surface area contributed by atoms with Crippen LogP contribution in [0.3, 0.4) is 0 Å². The molecule has 0 saturated heterocycles. The Balaban J connectivity index is 1.84. The highest BCUT2D eigenvalue weighted by atomic mass is 32.2. The molecule has 7 nitrogen and oxygen atoms in total. The van der Waals surface area contributed by atoms with Crippen molar-refractivity contribution < 1.29 is 13.2 Å². The summed E-state index contributed by atoms with van der Waals surface area (Å²) in [5.74, 6) is -0.792. The number of aromatic nitrogens is 2. The number of anilines is 1. The van der Waals surface area contributed by atoms with Crippen LogP contribution < -0.4 is 5.32 Å². The summed E-state index contributed by atoms with van der Waals surface area (Å²) in [5.41, 5.74) is 0.607. The summed E-state index contributed by atoms with van der Waals surface area (Å²) in [6.45, 7) is 3.58. The number of nitriles is 1. The number of benzene rings is 2. The number of carbonyl (C=O) groups is 1. The highest BCUT2D eigenvalue weighted by molar-refractivity contribution is 7.93. The van der Waals surface area contributed by atoms with Crippen LogP contribution >= 0.6 is 11.3 Å². The molecular weight excluding hydrogens is 408 g/mol. The van der Waals surface area contributed by atoms with Crippen molar-refractivity contribution in [2.45, 2.75) is 18.2 Å². The van der Waals surface area contributed by atoms with E-state index in [1.165, 1.54) is 6.08 Å². The van der Waals surface area contributed by atoms with E-state index in [1.54, 1.807) is 13.8 Å². The molecule has 1 N–H and O–H groups in total. The topological polar surface area (TPSA) is 113 Å². The van der Waals surface area contributed by atoms with Gasteiger partial charge in [0.2, 0.25) is 19.3 Å². The van der Waals surface area contributed by atoms with E-state index >= 15 is 0 Å². The highest BCUT2D eigenvalue weighted by Gasteiger charge is 2.22. The second-order valence-corrected chi connectivity index (χ2v) is 9.93. The molecule has 0 atom stereocenters. The molecule has 0 bridgehead atoms. The average molecular weight is 427 g/mol. The quantitative estimate of drug-likeness (QED) is 0.366. The smallest absolute Gasteiger partial charge is 0.268 e. The van der Waals surface area contributed by atoms with Crippen LogP contribution in [0.4, 0.5) is 5.13 Å². The van der Waals surface area contributed by atoms with Gasteiger partial charge >= 0.3 is 0 Å². The number of carbonyl (C=O) groups excluding carboxylic acids is 1. The molecule has 0 radical (unpaired) electrons. The monoisotopic (exact) mass is 426 g/mol. The molecule has 29 heavy (non-hydrogen) atoms. The number of nitrogens with zero attached hydrogens (tertiary/aromatic N) is 3. The van der Waals surface area contributed by atoms with E-state index in [0.717, 1.165) is 27.7 Å². The molecule has 1 heterocycles. The minimum absolute atomic E-state index is 0.0244. The summed E-state index contributed by atoms with van der Waals surface area (Å²) in [6, 6.07) is 15.1. The summed E-state index contributed by atoms with van der Waals surface area (Å²) in [5, 5.41) is 21.2. The standard InChI is InChI=1S/C20H18N4O3S2/c1-13(2)12-29(26,27)20-24-23-19(28-20)22-18(25)16(11-21)10-15-8-5-7-14-6-3-4-9-17(14)15/h3-10,13H,12H2,1-2H3,(H,22,23,25)/b16-10-. The maximum absolute atomic E-state index is 12.5. The molecule has 0 fully saturated rings. The van der Waals surface area contributed by atoms with Crippen LogP contribution in [0.2, 0.25) is 0 Å². The third-order valence-corrected chi connectivity index (χ3v) is 7.30. The SMILES string of the molecule is CC(C)CS(=O)(=O)c1nnc(NC(=O)/C(C#N)=C\c2cccc3ccccc23)s1. The number of hydrogen-bond acceptors (Lipinski definition) is 7. The third-order valence-electron chi connectivity index (χ3n) is 3.93. The Hall–Kier alpha value is -3.09. The number of nitrogens with one attached hydrogen (secondary N) is 1. The van der Waals surface area contributed by atoms with E-state index in [4.69, 9.17) is 0 Å². The molecule has 148 valence electrons. The Morgan fingerprint density at radius 2 is 1.93 bits per heavy atom. The fourth-order valence-electron chi connectivity index (χ4n) is 2.74. The normalized spacial score (nSPS) is 12.1. The van der Waals surface area contributed by atoms with Crippen LogP contribution in [0.25, 0.3) is 16.8 Å². The predicted octanol–water partition coefficient (Wildman–Crippen LogP) is 3.67. The van der Waals surface area contributed by atoms with Gasteiger partial charge in [-0.25, -0.2) is 8.42 Å². The van der Waals surface area contributed by atoms with Crippen LogP contribution in [0, 0.1) is 17.2 Å². The van der Waals surface area contributed by atoms with Crippen molar-refractivity contribution in [3.63, 3.8) is 0 Å². The van der Waals surface area contributed by atoms with E-state index < -0.39 is 15.7 Å². The van der Waals surface area contributed by atoms with Crippen LogP contribution in [-0.4, -0.2) is 30.3 Å². The number of rotatable bonds is 6. The van der Waals surface area contributed by atoms with Gasteiger partial charge in [0.05, 0.1) is 5.75 Å². The third kappa shape index (κ3) is 4.85. The van der Waals surface area contributed by atoms with Gasteiger partial charge in [-0.1, -0.05) is 67.6 Å². The molecule has 0 spiro atoms. The maximum Gasteiger partial charge on any atom is 0.268 e. The summed E-state index contributed by atoms with van der Waals surface area (Å²) >= 11 is 0.768. The van der Waals surface area contributed by atoms with Crippen LogP contribution in [0.1, 0.15) is 19.4 Å². The molecular formula is C20H18N4O3S2. The van der Waals surface area contributed by atoms with Gasteiger partial charge in [0, 0.05) is 0 Å². The summed E-state index contributed by atoms with van der Waals surface area (Å²) < 4.78 is 24.3. The number of hydrogen-bond donors (Lipinski definition) is 1. The van der Waals surface area contributed by atoms with Crippen molar-refractivity contribution in [1.82, 2.24) is 10.2 Å². The van der Waals surface area contributed by atoms with Crippen LogP contribution in [-0.2, 0) is 14.6 Å². The van der Waals surface area contributed by atoms with Crippen LogP contribution in [0.5, 0.6) is 0 Å². The molecule has 1 aromatic heterocycles. The number of fused-ring (bicyclic) bond motifs is 1. The molecule has 3 rings (SSSR count). The molecule has 0 aliphatic carbocycles. The van der Waals surface area contributed by atoms with Crippen molar-refractivity contribution in [3.8, 4) is 6.07 Å². The molecule has 1 amide bonds. The Morgan fingerprint density at radius 1 is 1.21 bits per heavy atom. The minimum Gasteiger partial charge on any atom is -0.296 e.